The number of amides is 1. The summed E-state index contributed by atoms with van der Waals surface area (Å²) in [5, 5.41) is 16.0. The summed E-state index contributed by atoms with van der Waals surface area (Å²) in [5.74, 6) is 0.672. The van der Waals surface area contributed by atoms with Gasteiger partial charge in [-0.05, 0) is 30.7 Å². The zero-order chi connectivity index (χ0) is 14.7. The molecular formula is C17H24N2O2. The summed E-state index contributed by atoms with van der Waals surface area (Å²) in [6.45, 7) is -0.0741. The highest BCUT2D eigenvalue weighted by Crippen LogP contribution is 2.33. The van der Waals surface area contributed by atoms with Gasteiger partial charge in [0, 0.05) is 6.04 Å². The number of carbonyl (C=O) groups is 1. The largest absolute Gasteiger partial charge is 0.394 e. The molecular weight excluding hydrogens is 264 g/mol. The Balaban J connectivity index is 1.60. The van der Waals surface area contributed by atoms with E-state index in [0.29, 0.717) is 12.0 Å². The van der Waals surface area contributed by atoms with Crippen LogP contribution in [0.3, 0.4) is 0 Å². The molecule has 1 aliphatic carbocycles. The first-order chi connectivity index (χ1) is 10.3. The fraction of sp³-hybridized carbons (Fsp3) is 0.588. The molecule has 1 heterocycles. The van der Waals surface area contributed by atoms with Crippen LogP contribution < -0.4 is 10.6 Å². The number of fused-ring (bicyclic) bond motifs is 1. The Hall–Kier alpha value is -1.39. The lowest BCUT2D eigenvalue weighted by Crippen LogP contribution is -2.45. The number of benzene rings is 1. The highest BCUT2D eigenvalue weighted by molar-refractivity contribution is 5.82. The topological polar surface area (TPSA) is 61.4 Å². The molecule has 0 aromatic heterocycles. The molecule has 4 unspecified atom stereocenters. The van der Waals surface area contributed by atoms with Crippen molar-refractivity contribution in [3.8, 4) is 0 Å². The summed E-state index contributed by atoms with van der Waals surface area (Å²) in [6, 6.07) is 9.74. The SMILES string of the molecule is O=C(NC(CO)c1ccccc1)C1CC2CCCCC2N1. The quantitative estimate of drug-likeness (QED) is 0.791. The van der Waals surface area contributed by atoms with Gasteiger partial charge in [-0.1, -0.05) is 43.2 Å². The number of rotatable bonds is 4. The van der Waals surface area contributed by atoms with Crippen molar-refractivity contribution >= 4 is 5.91 Å². The average Bonchev–Trinajstić information content (AvgIpc) is 2.97. The van der Waals surface area contributed by atoms with Crippen LogP contribution in [-0.2, 0) is 4.79 Å². The first-order valence-corrected chi connectivity index (χ1v) is 8.00. The molecule has 2 aliphatic rings. The second kappa shape index (κ2) is 6.58. The summed E-state index contributed by atoms with van der Waals surface area (Å²) < 4.78 is 0. The molecule has 3 N–H and O–H groups in total. The van der Waals surface area contributed by atoms with Crippen LogP contribution in [-0.4, -0.2) is 29.7 Å². The molecule has 4 heteroatoms. The van der Waals surface area contributed by atoms with Crippen LogP contribution in [0, 0.1) is 5.92 Å². The Bertz CT molecular complexity index is 463. The standard InChI is InChI=1S/C17H24N2O2/c20-11-16(12-6-2-1-3-7-12)19-17(21)15-10-13-8-4-5-9-14(13)18-15/h1-3,6-7,13-16,18,20H,4-5,8-11H2,(H,19,21). The van der Waals surface area contributed by atoms with E-state index in [1.807, 2.05) is 30.3 Å². The third-order valence-corrected chi connectivity index (χ3v) is 4.88. The summed E-state index contributed by atoms with van der Waals surface area (Å²) in [4.78, 5) is 12.4. The maximum atomic E-state index is 12.4. The van der Waals surface area contributed by atoms with Gasteiger partial charge < -0.3 is 15.7 Å². The van der Waals surface area contributed by atoms with Crippen LogP contribution in [0.15, 0.2) is 30.3 Å². The van der Waals surface area contributed by atoms with E-state index in [1.54, 1.807) is 0 Å². The summed E-state index contributed by atoms with van der Waals surface area (Å²) >= 11 is 0. The van der Waals surface area contributed by atoms with Crippen LogP contribution in [0.4, 0.5) is 0 Å². The molecule has 2 fully saturated rings. The van der Waals surface area contributed by atoms with E-state index in [2.05, 4.69) is 10.6 Å². The minimum absolute atomic E-state index is 0.0207. The van der Waals surface area contributed by atoms with E-state index in [1.165, 1.54) is 25.7 Å². The Morgan fingerprint density at radius 1 is 1.29 bits per heavy atom. The number of hydrogen-bond acceptors (Lipinski definition) is 3. The predicted octanol–water partition coefficient (Wildman–Crippen LogP) is 1.76. The molecule has 1 aliphatic heterocycles. The third kappa shape index (κ3) is 3.27. The maximum Gasteiger partial charge on any atom is 0.237 e. The van der Waals surface area contributed by atoms with Crippen molar-refractivity contribution in [3.63, 3.8) is 0 Å². The number of aliphatic hydroxyl groups excluding tert-OH is 1. The van der Waals surface area contributed by atoms with E-state index >= 15 is 0 Å². The van der Waals surface area contributed by atoms with Gasteiger partial charge >= 0.3 is 0 Å². The first-order valence-electron chi connectivity index (χ1n) is 8.00. The van der Waals surface area contributed by atoms with Gasteiger partial charge in [0.15, 0.2) is 0 Å². The Kier molecular flexibility index (Phi) is 4.56. The Labute approximate surface area is 125 Å². The number of aliphatic hydroxyl groups is 1. The van der Waals surface area contributed by atoms with Crippen LogP contribution >= 0.6 is 0 Å². The second-order valence-corrected chi connectivity index (χ2v) is 6.26. The van der Waals surface area contributed by atoms with Crippen molar-refractivity contribution in [2.24, 2.45) is 5.92 Å². The molecule has 0 bridgehead atoms. The molecule has 3 rings (SSSR count). The van der Waals surface area contributed by atoms with E-state index in [9.17, 15) is 9.90 Å². The van der Waals surface area contributed by atoms with Gasteiger partial charge in [-0.25, -0.2) is 0 Å². The van der Waals surface area contributed by atoms with Crippen molar-refractivity contribution in [1.29, 1.82) is 0 Å². The number of hydrogen-bond donors (Lipinski definition) is 3. The molecule has 1 saturated heterocycles. The monoisotopic (exact) mass is 288 g/mol. The molecule has 1 amide bonds. The molecule has 1 aromatic carbocycles. The highest BCUT2D eigenvalue weighted by atomic mass is 16.3. The van der Waals surface area contributed by atoms with Crippen LogP contribution in [0.5, 0.6) is 0 Å². The Morgan fingerprint density at radius 3 is 2.76 bits per heavy atom. The Morgan fingerprint density at radius 2 is 2.05 bits per heavy atom. The number of carbonyl (C=O) groups excluding carboxylic acids is 1. The van der Waals surface area contributed by atoms with E-state index < -0.39 is 0 Å². The predicted molar refractivity (Wildman–Crippen MR) is 81.7 cm³/mol. The number of nitrogens with one attached hydrogen (secondary N) is 2. The van der Waals surface area contributed by atoms with Crippen molar-refractivity contribution in [2.75, 3.05) is 6.61 Å². The molecule has 4 atom stereocenters. The second-order valence-electron chi connectivity index (χ2n) is 6.26. The van der Waals surface area contributed by atoms with Crippen molar-refractivity contribution in [1.82, 2.24) is 10.6 Å². The first kappa shape index (κ1) is 14.5. The normalized spacial score (nSPS) is 29.7. The zero-order valence-electron chi connectivity index (χ0n) is 12.3. The van der Waals surface area contributed by atoms with Crippen molar-refractivity contribution in [2.45, 2.75) is 50.2 Å². The van der Waals surface area contributed by atoms with Crippen LogP contribution in [0.25, 0.3) is 0 Å². The molecule has 21 heavy (non-hydrogen) atoms. The average molecular weight is 288 g/mol. The smallest absolute Gasteiger partial charge is 0.237 e. The van der Waals surface area contributed by atoms with Gasteiger partial charge in [0.2, 0.25) is 5.91 Å². The minimum atomic E-state index is -0.317. The van der Waals surface area contributed by atoms with Gasteiger partial charge in [-0.3, -0.25) is 4.79 Å². The molecule has 0 spiro atoms. The van der Waals surface area contributed by atoms with Gasteiger partial charge in [0.05, 0.1) is 18.7 Å². The van der Waals surface area contributed by atoms with E-state index in [-0.39, 0.29) is 24.6 Å². The van der Waals surface area contributed by atoms with Crippen LogP contribution in [0.2, 0.25) is 0 Å². The fourth-order valence-electron chi connectivity index (χ4n) is 3.71. The molecule has 1 aromatic rings. The molecule has 4 nitrogen and oxygen atoms in total. The van der Waals surface area contributed by atoms with Gasteiger partial charge in [-0.15, -0.1) is 0 Å². The lowest BCUT2D eigenvalue weighted by molar-refractivity contribution is -0.124. The van der Waals surface area contributed by atoms with E-state index in [4.69, 9.17) is 0 Å². The summed E-state index contributed by atoms with van der Waals surface area (Å²) in [5.41, 5.74) is 0.948. The zero-order valence-corrected chi connectivity index (χ0v) is 12.3. The maximum absolute atomic E-state index is 12.4. The minimum Gasteiger partial charge on any atom is -0.394 e. The third-order valence-electron chi connectivity index (χ3n) is 4.88. The van der Waals surface area contributed by atoms with Gasteiger partial charge in [-0.2, -0.15) is 0 Å². The molecule has 1 saturated carbocycles. The lowest BCUT2D eigenvalue weighted by Gasteiger charge is -2.24. The van der Waals surface area contributed by atoms with Gasteiger partial charge in [0.25, 0.3) is 0 Å². The summed E-state index contributed by atoms with van der Waals surface area (Å²) in [7, 11) is 0. The van der Waals surface area contributed by atoms with E-state index in [0.717, 1.165) is 12.0 Å². The molecule has 0 radical (unpaired) electrons. The molecule has 114 valence electrons. The lowest BCUT2D eigenvalue weighted by atomic mass is 9.85. The fourth-order valence-corrected chi connectivity index (χ4v) is 3.71. The van der Waals surface area contributed by atoms with Crippen molar-refractivity contribution < 1.29 is 9.90 Å². The van der Waals surface area contributed by atoms with Crippen LogP contribution in [0.1, 0.15) is 43.7 Å². The highest BCUT2D eigenvalue weighted by Gasteiger charge is 2.38. The summed E-state index contributed by atoms with van der Waals surface area (Å²) in [6.07, 6.45) is 5.93. The van der Waals surface area contributed by atoms with Gasteiger partial charge in [0.1, 0.15) is 0 Å². The van der Waals surface area contributed by atoms with Crippen molar-refractivity contribution in [3.05, 3.63) is 35.9 Å².